The highest BCUT2D eigenvalue weighted by atomic mass is 32.1. The minimum atomic E-state index is -0.571. The zero-order valence-corrected chi connectivity index (χ0v) is 15.6. The number of hydrogen-bond acceptors (Lipinski definition) is 4. The summed E-state index contributed by atoms with van der Waals surface area (Å²) in [5.41, 5.74) is 7.62. The van der Waals surface area contributed by atoms with Gasteiger partial charge in [-0.15, -0.1) is 11.3 Å². The van der Waals surface area contributed by atoms with E-state index in [0.717, 1.165) is 16.3 Å². The Morgan fingerprint density at radius 1 is 1.16 bits per heavy atom. The van der Waals surface area contributed by atoms with Crippen molar-refractivity contribution in [1.82, 2.24) is 15.6 Å². The fraction of sp³-hybridized carbons (Fsp3) is 0.389. The van der Waals surface area contributed by atoms with Crippen molar-refractivity contribution in [2.75, 3.05) is 6.54 Å². The highest BCUT2D eigenvalue weighted by Crippen LogP contribution is 2.23. The van der Waals surface area contributed by atoms with Gasteiger partial charge in [0.1, 0.15) is 0 Å². The Balaban J connectivity index is 1.82. The number of thiazole rings is 1. The molecular weight excluding hydrogens is 336 g/mol. The van der Waals surface area contributed by atoms with Crippen molar-refractivity contribution in [1.29, 1.82) is 0 Å². The Kier molecular flexibility index (Phi) is 6.14. The van der Waals surface area contributed by atoms with Gasteiger partial charge in [0.15, 0.2) is 0 Å². The summed E-state index contributed by atoms with van der Waals surface area (Å²) in [4.78, 5) is 27.5. The molecule has 7 heteroatoms. The average molecular weight is 360 g/mol. The fourth-order valence-corrected chi connectivity index (χ4v) is 3.14. The summed E-state index contributed by atoms with van der Waals surface area (Å²) in [5, 5.41) is 8.52. The zero-order valence-electron chi connectivity index (χ0n) is 14.8. The number of primary amides is 1. The monoisotopic (exact) mass is 360 g/mol. The molecule has 1 aromatic heterocycles. The normalized spacial score (nSPS) is 11.2. The lowest BCUT2D eigenvalue weighted by Gasteiger charge is -2.14. The van der Waals surface area contributed by atoms with Gasteiger partial charge in [-0.2, -0.15) is 0 Å². The van der Waals surface area contributed by atoms with Crippen molar-refractivity contribution in [3.8, 4) is 0 Å². The molecule has 0 spiro atoms. The number of amides is 3. The van der Waals surface area contributed by atoms with Crippen molar-refractivity contribution in [2.24, 2.45) is 5.73 Å². The zero-order chi connectivity index (χ0) is 18.4. The number of carbonyl (C=O) groups is 2. The minimum absolute atomic E-state index is 0.0448. The lowest BCUT2D eigenvalue weighted by atomic mass is 9.93. The summed E-state index contributed by atoms with van der Waals surface area (Å²) in [6, 6.07) is 6.48. The standard InChI is InChI=1S/C18H24N4O2S/c1-18(2,3)14-11-25-15(22-14)8-9-20-16(23)13-6-4-12(5-7-13)10-21-17(19)24/h4-7,11H,8-10H2,1-3H3,(H,20,23)(H3,19,21,24). The molecule has 25 heavy (non-hydrogen) atoms. The molecule has 1 heterocycles. The molecular formula is C18H24N4O2S. The van der Waals surface area contributed by atoms with Crippen LogP contribution in [0, 0.1) is 0 Å². The van der Waals surface area contributed by atoms with Crippen LogP contribution < -0.4 is 16.4 Å². The van der Waals surface area contributed by atoms with E-state index in [9.17, 15) is 9.59 Å². The third kappa shape index (κ3) is 5.86. The Bertz CT molecular complexity index is 732. The smallest absolute Gasteiger partial charge is 0.312 e. The third-order valence-electron chi connectivity index (χ3n) is 3.63. The van der Waals surface area contributed by atoms with E-state index in [2.05, 4.69) is 41.8 Å². The number of rotatable bonds is 6. The first-order valence-corrected chi connectivity index (χ1v) is 8.99. The van der Waals surface area contributed by atoms with Crippen LogP contribution >= 0.6 is 11.3 Å². The molecule has 134 valence electrons. The number of benzene rings is 1. The van der Waals surface area contributed by atoms with Gasteiger partial charge in [-0.25, -0.2) is 9.78 Å². The molecule has 6 nitrogen and oxygen atoms in total. The van der Waals surface area contributed by atoms with Crippen molar-refractivity contribution in [3.05, 3.63) is 51.5 Å². The lowest BCUT2D eigenvalue weighted by molar-refractivity contribution is 0.0954. The van der Waals surface area contributed by atoms with Gasteiger partial charge >= 0.3 is 6.03 Å². The maximum absolute atomic E-state index is 12.2. The van der Waals surface area contributed by atoms with Gasteiger partial charge < -0.3 is 16.4 Å². The third-order valence-corrected chi connectivity index (χ3v) is 4.54. The maximum Gasteiger partial charge on any atom is 0.312 e. The number of nitrogens with two attached hydrogens (primary N) is 1. The predicted octanol–water partition coefficient (Wildman–Crippen LogP) is 2.58. The molecule has 3 amide bonds. The minimum Gasteiger partial charge on any atom is -0.352 e. The van der Waals surface area contributed by atoms with E-state index in [4.69, 9.17) is 5.73 Å². The molecule has 0 radical (unpaired) electrons. The first kappa shape index (κ1) is 18.9. The molecule has 0 fully saturated rings. The number of urea groups is 1. The fourth-order valence-electron chi connectivity index (χ4n) is 2.12. The van der Waals surface area contributed by atoms with Crippen LogP contribution in [0.1, 0.15) is 47.4 Å². The Hall–Kier alpha value is -2.41. The molecule has 0 saturated carbocycles. The predicted molar refractivity (Wildman–Crippen MR) is 99.7 cm³/mol. The summed E-state index contributed by atoms with van der Waals surface area (Å²) >= 11 is 1.63. The summed E-state index contributed by atoms with van der Waals surface area (Å²) in [7, 11) is 0. The molecule has 2 rings (SSSR count). The van der Waals surface area contributed by atoms with Gasteiger partial charge in [0, 0.05) is 35.9 Å². The second-order valence-corrected chi connectivity index (χ2v) is 7.74. The molecule has 0 aliphatic heterocycles. The van der Waals surface area contributed by atoms with Crippen LogP contribution in [-0.4, -0.2) is 23.5 Å². The van der Waals surface area contributed by atoms with Gasteiger partial charge in [-0.1, -0.05) is 32.9 Å². The highest BCUT2D eigenvalue weighted by molar-refractivity contribution is 7.09. The lowest BCUT2D eigenvalue weighted by Crippen LogP contribution is -2.28. The number of carbonyl (C=O) groups excluding carboxylic acids is 2. The summed E-state index contributed by atoms with van der Waals surface area (Å²) in [6.07, 6.45) is 0.715. The van der Waals surface area contributed by atoms with Crippen LogP contribution in [0.2, 0.25) is 0 Å². The van der Waals surface area contributed by atoms with E-state index in [1.54, 1.807) is 35.6 Å². The molecule has 0 bridgehead atoms. The van der Waals surface area contributed by atoms with Gasteiger partial charge in [-0.05, 0) is 17.7 Å². The van der Waals surface area contributed by atoms with Crippen molar-refractivity contribution in [3.63, 3.8) is 0 Å². The first-order valence-electron chi connectivity index (χ1n) is 8.11. The number of hydrogen-bond donors (Lipinski definition) is 3. The van der Waals surface area contributed by atoms with Crippen LogP contribution in [-0.2, 0) is 18.4 Å². The SMILES string of the molecule is CC(C)(C)c1csc(CCNC(=O)c2ccc(CNC(N)=O)cc2)n1. The Morgan fingerprint density at radius 3 is 2.40 bits per heavy atom. The summed E-state index contributed by atoms with van der Waals surface area (Å²) < 4.78 is 0. The van der Waals surface area contributed by atoms with E-state index >= 15 is 0 Å². The Morgan fingerprint density at radius 2 is 1.84 bits per heavy atom. The van der Waals surface area contributed by atoms with Crippen LogP contribution in [0.25, 0.3) is 0 Å². The average Bonchev–Trinajstić information content (AvgIpc) is 3.02. The Labute approximate surface area is 151 Å². The second-order valence-electron chi connectivity index (χ2n) is 6.80. The van der Waals surface area contributed by atoms with Crippen LogP contribution in [0.4, 0.5) is 4.79 Å². The quantitative estimate of drug-likeness (QED) is 0.738. The molecule has 1 aromatic carbocycles. The molecule has 4 N–H and O–H groups in total. The van der Waals surface area contributed by atoms with Crippen LogP contribution in [0.5, 0.6) is 0 Å². The number of nitrogens with zero attached hydrogens (tertiary/aromatic N) is 1. The maximum atomic E-state index is 12.2. The van der Waals surface area contributed by atoms with Gasteiger partial charge in [0.05, 0.1) is 10.7 Å². The van der Waals surface area contributed by atoms with E-state index in [1.165, 1.54) is 0 Å². The molecule has 0 saturated heterocycles. The molecule has 2 aromatic rings. The van der Waals surface area contributed by atoms with Gasteiger partial charge in [-0.3, -0.25) is 4.79 Å². The first-order chi connectivity index (χ1) is 11.8. The van der Waals surface area contributed by atoms with Crippen molar-refractivity contribution in [2.45, 2.75) is 39.2 Å². The van der Waals surface area contributed by atoms with E-state index in [-0.39, 0.29) is 11.3 Å². The molecule has 0 aliphatic carbocycles. The van der Waals surface area contributed by atoms with Gasteiger partial charge in [0.2, 0.25) is 0 Å². The van der Waals surface area contributed by atoms with Crippen LogP contribution in [0.15, 0.2) is 29.6 Å². The molecule has 0 atom stereocenters. The highest BCUT2D eigenvalue weighted by Gasteiger charge is 2.17. The summed E-state index contributed by atoms with van der Waals surface area (Å²) in [5.74, 6) is -0.123. The van der Waals surface area contributed by atoms with E-state index in [0.29, 0.717) is 25.1 Å². The largest absolute Gasteiger partial charge is 0.352 e. The van der Waals surface area contributed by atoms with E-state index < -0.39 is 6.03 Å². The summed E-state index contributed by atoms with van der Waals surface area (Å²) in [6.45, 7) is 7.29. The topological polar surface area (TPSA) is 97.1 Å². The van der Waals surface area contributed by atoms with Crippen molar-refractivity contribution < 1.29 is 9.59 Å². The van der Waals surface area contributed by atoms with Gasteiger partial charge in [0.25, 0.3) is 5.91 Å². The van der Waals surface area contributed by atoms with Crippen molar-refractivity contribution >= 4 is 23.3 Å². The number of nitrogens with one attached hydrogen (secondary N) is 2. The molecule has 0 aliphatic rings. The second kappa shape index (κ2) is 8.11. The molecule has 0 unspecified atom stereocenters. The van der Waals surface area contributed by atoms with Crippen LogP contribution in [0.3, 0.4) is 0 Å². The number of aromatic nitrogens is 1. The van der Waals surface area contributed by atoms with E-state index in [1.807, 2.05) is 0 Å².